The van der Waals surface area contributed by atoms with Crippen molar-refractivity contribution in [1.82, 2.24) is 10.2 Å². The first-order valence-corrected chi connectivity index (χ1v) is 6.21. The number of amides is 1. The Morgan fingerprint density at radius 1 is 1.20 bits per heavy atom. The number of hydrogen-bond donors (Lipinski definition) is 1. The largest absolute Gasteiger partial charge is 0.345 e. The molecule has 0 aromatic carbocycles. The van der Waals surface area contributed by atoms with E-state index in [0.29, 0.717) is 5.91 Å². The lowest BCUT2D eigenvalue weighted by Crippen LogP contribution is -2.51. The van der Waals surface area contributed by atoms with Gasteiger partial charge >= 0.3 is 0 Å². The predicted octanol–water partition coefficient (Wildman–Crippen LogP) is 1.63. The standard InChI is InChI=1S/C10H18N2O.C2H6/c1-12-8-2-3-10(9(12)13)4-6-11-7-5-10;1-2/h11H,2-8H2,1H3;1-2H3. The SMILES string of the molecule is CC.CN1CCCC2(CCNCC2)C1=O. The summed E-state index contributed by atoms with van der Waals surface area (Å²) >= 11 is 0. The molecular formula is C12H24N2O. The summed E-state index contributed by atoms with van der Waals surface area (Å²) in [5, 5.41) is 3.32. The van der Waals surface area contributed by atoms with Crippen molar-refractivity contribution in [1.29, 1.82) is 0 Å². The maximum absolute atomic E-state index is 12.0. The van der Waals surface area contributed by atoms with Crippen molar-refractivity contribution >= 4 is 5.91 Å². The topological polar surface area (TPSA) is 32.3 Å². The molecule has 1 amide bonds. The molecule has 3 heteroatoms. The average molecular weight is 212 g/mol. The Balaban J connectivity index is 0.000000531. The summed E-state index contributed by atoms with van der Waals surface area (Å²) in [6, 6.07) is 0. The van der Waals surface area contributed by atoms with Crippen LogP contribution in [0.1, 0.15) is 39.5 Å². The summed E-state index contributed by atoms with van der Waals surface area (Å²) in [6.07, 6.45) is 4.37. The third-order valence-electron chi connectivity index (χ3n) is 3.51. The van der Waals surface area contributed by atoms with Crippen molar-refractivity contribution in [3.8, 4) is 0 Å². The lowest BCUT2D eigenvalue weighted by Gasteiger charge is -2.42. The van der Waals surface area contributed by atoms with E-state index in [2.05, 4.69) is 5.32 Å². The van der Waals surface area contributed by atoms with Crippen LogP contribution in [0, 0.1) is 5.41 Å². The normalized spacial score (nSPS) is 24.7. The molecule has 2 aliphatic heterocycles. The molecule has 0 radical (unpaired) electrons. The van der Waals surface area contributed by atoms with Crippen LogP contribution in [0.3, 0.4) is 0 Å². The molecule has 0 bridgehead atoms. The molecule has 0 aromatic heterocycles. The quantitative estimate of drug-likeness (QED) is 0.662. The number of likely N-dealkylation sites (tertiary alicyclic amines) is 1. The monoisotopic (exact) mass is 212 g/mol. The van der Waals surface area contributed by atoms with Crippen LogP contribution in [-0.2, 0) is 4.79 Å². The molecule has 0 unspecified atom stereocenters. The number of nitrogens with one attached hydrogen (secondary N) is 1. The summed E-state index contributed by atoms with van der Waals surface area (Å²) in [4.78, 5) is 13.9. The lowest BCUT2D eigenvalue weighted by atomic mass is 9.72. The first-order chi connectivity index (χ1) is 7.25. The Morgan fingerprint density at radius 3 is 2.40 bits per heavy atom. The van der Waals surface area contributed by atoms with Crippen molar-refractivity contribution in [3.63, 3.8) is 0 Å². The number of nitrogens with zero attached hydrogens (tertiary/aromatic N) is 1. The highest BCUT2D eigenvalue weighted by Crippen LogP contribution is 2.38. The second kappa shape index (κ2) is 5.50. The van der Waals surface area contributed by atoms with Crippen LogP contribution in [0.15, 0.2) is 0 Å². The fourth-order valence-electron chi connectivity index (χ4n) is 2.64. The molecule has 0 aliphatic carbocycles. The minimum Gasteiger partial charge on any atom is -0.345 e. The number of rotatable bonds is 0. The molecule has 2 saturated heterocycles. The Kier molecular flexibility index (Phi) is 4.58. The van der Waals surface area contributed by atoms with Crippen LogP contribution >= 0.6 is 0 Å². The van der Waals surface area contributed by atoms with E-state index in [-0.39, 0.29) is 5.41 Å². The number of carbonyl (C=O) groups excluding carboxylic acids is 1. The molecule has 0 atom stereocenters. The summed E-state index contributed by atoms with van der Waals surface area (Å²) in [6.45, 7) is 6.98. The zero-order valence-electron chi connectivity index (χ0n) is 10.3. The van der Waals surface area contributed by atoms with Gasteiger partial charge in [-0.2, -0.15) is 0 Å². The molecule has 15 heavy (non-hydrogen) atoms. The Labute approximate surface area is 93.2 Å². The van der Waals surface area contributed by atoms with Crippen LogP contribution in [0.25, 0.3) is 0 Å². The maximum atomic E-state index is 12.0. The van der Waals surface area contributed by atoms with Gasteiger partial charge in [-0.15, -0.1) is 0 Å². The molecule has 1 N–H and O–H groups in total. The van der Waals surface area contributed by atoms with E-state index in [1.165, 1.54) is 6.42 Å². The highest BCUT2D eigenvalue weighted by molar-refractivity contribution is 5.83. The van der Waals surface area contributed by atoms with Gasteiger partial charge in [-0.3, -0.25) is 4.79 Å². The minimum absolute atomic E-state index is 0.0122. The van der Waals surface area contributed by atoms with E-state index in [9.17, 15) is 4.79 Å². The number of carbonyl (C=O) groups is 1. The maximum Gasteiger partial charge on any atom is 0.228 e. The Bertz CT molecular complexity index is 204. The van der Waals surface area contributed by atoms with Crippen LogP contribution in [0.2, 0.25) is 0 Å². The van der Waals surface area contributed by atoms with Gasteiger partial charge < -0.3 is 10.2 Å². The lowest BCUT2D eigenvalue weighted by molar-refractivity contribution is -0.146. The van der Waals surface area contributed by atoms with Crippen molar-refractivity contribution in [2.45, 2.75) is 39.5 Å². The molecule has 2 rings (SSSR count). The van der Waals surface area contributed by atoms with Gasteiger partial charge in [0.05, 0.1) is 5.41 Å². The van der Waals surface area contributed by atoms with Crippen molar-refractivity contribution in [2.75, 3.05) is 26.7 Å². The summed E-state index contributed by atoms with van der Waals surface area (Å²) in [5.41, 5.74) is 0.0122. The second-order valence-electron chi connectivity index (χ2n) is 4.36. The van der Waals surface area contributed by atoms with Crippen molar-refractivity contribution in [2.24, 2.45) is 5.41 Å². The molecule has 2 heterocycles. The van der Waals surface area contributed by atoms with Gasteiger partial charge in [-0.1, -0.05) is 13.8 Å². The van der Waals surface area contributed by atoms with E-state index >= 15 is 0 Å². The Morgan fingerprint density at radius 2 is 1.80 bits per heavy atom. The smallest absolute Gasteiger partial charge is 0.228 e. The van der Waals surface area contributed by atoms with Gasteiger partial charge in [0.2, 0.25) is 5.91 Å². The molecule has 3 nitrogen and oxygen atoms in total. The van der Waals surface area contributed by atoms with Crippen LogP contribution < -0.4 is 5.32 Å². The fraction of sp³-hybridized carbons (Fsp3) is 0.917. The summed E-state index contributed by atoms with van der Waals surface area (Å²) in [5.74, 6) is 0.389. The molecule has 0 aromatic rings. The first-order valence-electron chi connectivity index (χ1n) is 6.21. The molecule has 2 aliphatic rings. The Hall–Kier alpha value is -0.570. The van der Waals surface area contributed by atoms with Crippen molar-refractivity contribution in [3.05, 3.63) is 0 Å². The molecule has 88 valence electrons. The predicted molar refractivity (Wildman–Crippen MR) is 62.8 cm³/mol. The van der Waals surface area contributed by atoms with Gasteiger partial charge in [-0.05, 0) is 38.8 Å². The van der Waals surface area contributed by atoms with E-state index in [1.807, 2.05) is 25.8 Å². The van der Waals surface area contributed by atoms with Crippen LogP contribution in [0.4, 0.5) is 0 Å². The number of piperidine rings is 2. The van der Waals surface area contributed by atoms with E-state index in [1.54, 1.807) is 0 Å². The number of hydrogen-bond acceptors (Lipinski definition) is 2. The molecule has 2 fully saturated rings. The fourth-order valence-corrected chi connectivity index (χ4v) is 2.64. The third kappa shape index (κ3) is 2.51. The van der Waals surface area contributed by atoms with Gasteiger partial charge in [-0.25, -0.2) is 0 Å². The van der Waals surface area contributed by atoms with E-state index < -0.39 is 0 Å². The summed E-state index contributed by atoms with van der Waals surface area (Å²) < 4.78 is 0. The van der Waals surface area contributed by atoms with E-state index in [0.717, 1.165) is 38.9 Å². The van der Waals surface area contributed by atoms with Crippen LogP contribution in [0.5, 0.6) is 0 Å². The second-order valence-corrected chi connectivity index (χ2v) is 4.36. The molecular weight excluding hydrogens is 188 g/mol. The molecule has 1 spiro atoms. The van der Waals surface area contributed by atoms with Gasteiger partial charge in [0.25, 0.3) is 0 Å². The van der Waals surface area contributed by atoms with Crippen molar-refractivity contribution < 1.29 is 4.79 Å². The van der Waals surface area contributed by atoms with E-state index in [4.69, 9.17) is 0 Å². The minimum atomic E-state index is 0.0122. The highest BCUT2D eigenvalue weighted by Gasteiger charge is 2.42. The third-order valence-corrected chi connectivity index (χ3v) is 3.51. The zero-order valence-corrected chi connectivity index (χ0v) is 10.3. The molecule has 0 saturated carbocycles. The van der Waals surface area contributed by atoms with Crippen LogP contribution in [-0.4, -0.2) is 37.5 Å². The highest BCUT2D eigenvalue weighted by atomic mass is 16.2. The zero-order chi connectivity index (χ0) is 11.3. The van der Waals surface area contributed by atoms with Gasteiger partial charge in [0.15, 0.2) is 0 Å². The van der Waals surface area contributed by atoms with Gasteiger partial charge in [0.1, 0.15) is 0 Å². The van der Waals surface area contributed by atoms with Gasteiger partial charge in [0, 0.05) is 13.6 Å². The summed E-state index contributed by atoms with van der Waals surface area (Å²) in [7, 11) is 1.94. The average Bonchev–Trinajstić information content (AvgIpc) is 2.30. The first kappa shape index (κ1) is 12.5.